The number of halogens is 4. The third-order valence-electron chi connectivity index (χ3n) is 6.73. The van der Waals surface area contributed by atoms with Crippen LogP contribution in [0.25, 0.3) is 11.3 Å². The van der Waals surface area contributed by atoms with Gasteiger partial charge < -0.3 is 14.4 Å². The smallest absolute Gasteiger partial charge is 0.422 e. The Morgan fingerprint density at radius 3 is 2.49 bits per heavy atom. The van der Waals surface area contributed by atoms with Gasteiger partial charge in [-0.05, 0) is 48.7 Å². The summed E-state index contributed by atoms with van der Waals surface area (Å²) in [5.41, 5.74) is 2.06. The van der Waals surface area contributed by atoms with Crippen molar-refractivity contribution in [2.45, 2.75) is 31.0 Å². The topological polar surface area (TPSA) is 75.5 Å². The minimum absolute atomic E-state index is 0.115. The van der Waals surface area contributed by atoms with Gasteiger partial charge in [-0.1, -0.05) is 12.1 Å². The lowest BCUT2D eigenvalue weighted by molar-refractivity contribution is -0.153. The number of nitriles is 1. The molecule has 1 saturated heterocycles. The zero-order valence-electron chi connectivity index (χ0n) is 19.5. The highest BCUT2D eigenvalue weighted by atomic mass is 19.4. The molecular formula is C27H21F4N3O3. The molecule has 1 aromatic heterocycles. The van der Waals surface area contributed by atoms with Gasteiger partial charge in [0.1, 0.15) is 11.6 Å². The molecule has 0 N–H and O–H groups in total. The molecule has 0 unspecified atom stereocenters. The number of hydrogen-bond acceptors (Lipinski definition) is 5. The average Bonchev–Trinajstić information content (AvgIpc) is 3.24. The van der Waals surface area contributed by atoms with Crippen LogP contribution in [-0.4, -0.2) is 36.9 Å². The molecule has 37 heavy (non-hydrogen) atoms. The normalized spacial score (nSPS) is 16.8. The van der Waals surface area contributed by atoms with Crippen molar-refractivity contribution in [2.75, 3.05) is 24.7 Å². The molecule has 190 valence electrons. The van der Waals surface area contributed by atoms with Gasteiger partial charge in [-0.2, -0.15) is 18.4 Å². The molecule has 0 saturated carbocycles. The molecule has 10 heteroatoms. The summed E-state index contributed by atoms with van der Waals surface area (Å²) < 4.78 is 62.4. The average molecular weight is 511 g/mol. The van der Waals surface area contributed by atoms with E-state index in [0.717, 1.165) is 17.7 Å². The summed E-state index contributed by atoms with van der Waals surface area (Å²) in [6.45, 7) is -0.470. The number of ether oxygens (including phenoxy) is 2. The Kier molecular flexibility index (Phi) is 6.33. The van der Waals surface area contributed by atoms with E-state index in [-0.39, 0.29) is 29.5 Å². The molecule has 1 amide bonds. The number of nitrogens with zero attached hydrogens (tertiary/aromatic N) is 3. The maximum absolute atomic E-state index is 13.9. The molecule has 6 nitrogen and oxygen atoms in total. The van der Waals surface area contributed by atoms with E-state index in [1.54, 1.807) is 18.2 Å². The number of amides is 1. The summed E-state index contributed by atoms with van der Waals surface area (Å²) in [6, 6.07) is 14.5. The molecule has 1 fully saturated rings. The summed E-state index contributed by atoms with van der Waals surface area (Å²) in [7, 11) is 0. The molecule has 3 aromatic rings. The van der Waals surface area contributed by atoms with Crippen LogP contribution in [0.15, 0.2) is 54.7 Å². The molecule has 0 atom stereocenters. The van der Waals surface area contributed by atoms with Crippen molar-refractivity contribution in [3.05, 3.63) is 77.2 Å². The van der Waals surface area contributed by atoms with Crippen molar-refractivity contribution in [1.29, 1.82) is 5.26 Å². The van der Waals surface area contributed by atoms with Gasteiger partial charge in [0.25, 0.3) is 5.91 Å². The number of fused-ring (bicyclic) bond motifs is 1. The van der Waals surface area contributed by atoms with Gasteiger partial charge in [0.05, 0.1) is 23.7 Å². The minimum atomic E-state index is -4.61. The number of pyridine rings is 1. The van der Waals surface area contributed by atoms with E-state index in [1.165, 1.54) is 17.2 Å². The second kappa shape index (κ2) is 9.48. The zero-order valence-corrected chi connectivity index (χ0v) is 19.5. The number of aromatic nitrogens is 1. The first-order chi connectivity index (χ1) is 17.7. The fourth-order valence-electron chi connectivity index (χ4n) is 4.78. The SMILES string of the molecule is N#CC1(c2ccc(N3Cc4c(ccnc4-c4ccc(F)cc4OCC(F)(F)F)C3=O)cc2)CCOCC1. The fourth-order valence-corrected chi connectivity index (χ4v) is 4.78. The Hall–Kier alpha value is -3.97. The van der Waals surface area contributed by atoms with Crippen LogP contribution >= 0.6 is 0 Å². The molecule has 2 aliphatic rings. The van der Waals surface area contributed by atoms with Crippen molar-refractivity contribution >= 4 is 11.6 Å². The first-order valence-electron chi connectivity index (χ1n) is 11.6. The van der Waals surface area contributed by atoms with Crippen LogP contribution in [0.5, 0.6) is 5.75 Å². The van der Waals surface area contributed by atoms with Crippen LogP contribution in [0.4, 0.5) is 23.2 Å². The van der Waals surface area contributed by atoms with Crippen molar-refractivity contribution in [3.63, 3.8) is 0 Å². The lowest BCUT2D eigenvalue weighted by atomic mass is 9.75. The first kappa shape index (κ1) is 24.7. The van der Waals surface area contributed by atoms with Gasteiger partial charge in [0, 0.05) is 47.9 Å². The van der Waals surface area contributed by atoms with Gasteiger partial charge in [-0.15, -0.1) is 0 Å². The summed E-state index contributed by atoms with van der Waals surface area (Å²) >= 11 is 0. The Morgan fingerprint density at radius 1 is 1.08 bits per heavy atom. The van der Waals surface area contributed by atoms with E-state index in [0.29, 0.717) is 42.9 Å². The number of alkyl halides is 3. The quantitative estimate of drug-likeness (QED) is 0.419. The molecule has 0 bridgehead atoms. The molecular weight excluding hydrogens is 490 g/mol. The van der Waals surface area contributed by atoms with E-state index in [2.05, 4.69) is 11.1 Å². The van der Waals surface area contributed by atoms with Gasteiger partial charge in [-0.3, -0.25) is 9.78 Å². The zero-order chi connectivity index (χ0) is 26.2. The summed E-state index contributed by atoms with van der Waals surface area (Å²) in [4.78, 5) is 19.1. The third kappa shape index (κ3) is 4.74. The van der Waals surface area contributed by atoms with Gasteiger partial charge in [-0.25, -0.2) is 4.39 Å². The molecule has 2 aromatic carbocycles. The number of carbonyl (C=O) groups excluding carboxylic acids is 1. The van der Waals surface area contributed by atoms with Gasteiger partial charge in [0.15, 0.2) is 6.61 Å². The van der Waals surface area contributed by atoms with Crippen molar-refractivity contribution in [3.8, 4) is 23.1 Å². The lowest BCUT2D eigenvalue weighted by Crippen LogP contribution is -2.32. The van der Waals surface area contributed by atoms with Crippen molar-refractivity contribution in [1.82, 2.24) is 4.98 Å². The highest BCUT2D eigenvalue weighted by Crippen LogP contribution is 2.39. The maximum Gasteiger partial charge on any atom is 0.422 e. The third-order valence-corrected chi connectivity index (χ3v) is 6.73. The maximum atomic E-state index is 13.9. The fraction of sp³-hybridized carbons (Fsp3) is 0.296. The number of hydrogen-bond donors (Lipinski definition) is 0. The van der Waals surface area contributed by atoms with Crippen LogP contribution < -0.4 is 9.64 Å². The molecule has 2 aliphatic heterocycles. The van der Waals surface area contributed by atoms with Crippen molar-refractivity contribution < 1.29 is 31.8 Å². The first-order valence-corrected chi connectivity index (χ1v) is 11.6. The second-order valence-corrected chi connectivity index (χ2v) is 8.97. The molecule has 0 spiro atoms. The summed E-state index contributed by atoms with van der Waals surface area (Å²) in [6.07, 6.45) is -2.05. The lowest BCUT2D eigenvalue weighted by Gasteiger charge is -2.31. The summed E-state index contributed by atoms with van der Waals surface area (Å²) in [5, 5.41) is 9.82. The molecule has 5 rings (SSSR count). The van der Waals surface area contributed by atoms with Crippen LogP contribution in [0.1, 0.15) is 34.3 Å². The van der Waals surface area contributed by atoms with Gasteiger partial charge >= 0.3 is 6.18 Å². The van der Waals surface area contributed by atoms with Crippen LogP contribution in [0, 0.1) is 17.1 Å². The van der Waals surface area contributed by atoms with Crippen LogP contribution in [0.2, 0.25) is 0 Å². The molecule has 0 radical (unpaired) electrons. The predicted octanol–water partition coefficient (Wildman–Crippen LogP) is 5.56. The number of anilines is 1. The van der Waals surface area contributed by atoms with E-state index in [1.807, 2.05) is 12.1 Å². The van der Waals surface area contributed by atoms with E-state index < -0.39 is 24.0 Å². The van der Waals surface area contributed by atoms with Crippen LogP contribution in [0.3, 0.4) is 0 Å². The molecule has 0 aliphatic carbocycles. The second-order valence-electron chi connectivity index (χ2n) is 8.97. The summed E-state index contributed by atoms with van der Waals surface area (Å²) in [5.74, 6) is -1.37. The Bertz CT molecular complexity index is 1380. The standard InChI is InChI=1S/C27H21F4N3O3/c28-18-3-6-21(23(13-18)37-16-27(29,30)31)24-22-14-34(25(35)20(22)7-10-33-24)19-4-1-17(2-5-19)26(15-32)8-11-36-12-9-26/h1-7,10,13H,8-9,11-12,14,16H2. The monoisotopic (exact) mass is 511 g/mol. The Morgan fingerprint density at radius 2 is 1.81 bits per heavy atom. The highest BCUT2D eigenvalue weighted by Gasteiger charge is 2.36. The highest BCUT2D eigenvalue weighted by molar-refractivity contribution is 6.11. The predicted molar refractivity (Wildman–Crippen MR) is 125 cm³/mol. The Labute approximate surface area is 210 Å². The van der Waals surface area contributed by atoms with E-state index in [9.17, 15) is 27.6 Å². The minimum Gasteiger partial charge on any atom is -0.483 e. The van der Waals surface area contributed by atoms with E-state index in [4.69, 9.17) is 9.47 Å². The molecule has 3 heterocycles. The Balaban J connectivity index is 1.46. The van der Waals surface area contributed by atoms with Crippen molar-refractivity contribution in [2.24, 2.45) is 0 Å². The number of benzene rings is 2. The van der Waals surface area contributed by atoms with Crippen LogP contribution in [-0.2, 0) is 16.7 Å². The number of rotatable bonds is 5. The van der Waals surface area contributed by atoms with Gasteiger partial charge in [0.2, 0.25) is 0 Å². The van der Waals surface area contributed by atoms with E-state index >= 15 is 0 Å². The largest absolute Gasteiger partial charge is 0.483 e. The number of carbonyl (C=O) groups is 1.